The third kappa shape index (κ3) is 21.6. The van der Waals surface area contributed by atoms with Gasteiger partial charge in [0.2, 0.25) is 0 Å². The number of hydrogen-bond donors (Lipinski definition) is 1. The fourth-order valence-corrected chi connectivity index (χ4v) is 6.81. The third-order valence-corrected chi connectivity index (χ3v) is 9.43. The second-order valence-corrected chi connectivity index (χ2v) is 13.4. The minimum atomic E-state index is -3.57. The van der Waals surface area contributed by atoms with Crippen LogP contribution in [-0.4, -0.2) is 42.9 Å². The molecule has 1 N–H and O–H groups in total. The van der Waals surface area contributed by atoms with Crippen molar-refractivity contribution in [2.45, 2.75) is 154 Å². The second kappa shape index (κ2) is 23.0. The summed E-state index contributed by atoms with van der Waals surface area (Å²) in [7, 11) is 2.28. The number of rotatable bonds is 26. The molecule has 2 atom stereocenters. The summed E-state index contributed by atoms with van der Waals surface area (Å²) in [6.45, 7) is 4.61. The van der Waals surface area contributed by atoms with Gasteiger partial charge in [-0.3, -0.25) is 4.57 Å². The molecule has 0 aliphatic rings. The van der Waals surface area contributed by atoms with Gasteiger partial charge in [-0.1, -0.05) is 122 Å². The molecule has 0 bridgehead atoms. The first-order chi connectivity index (χ1) is 16.8. The predicted molar refractivity (Wildman–Crippen MR) is 155 cm³/mol. The molecule has 0 fully saturated rings. The van der Waals surface area contributed by atoms with E-state index >= 15 is 0 Å². The number of unbranched alkanes of at least 4 members (excludes halogenated alkanes) is 18. The third-order valence-electron chi connectivity index (χ3n) is 7.07. The summed E-state index contributed by atoms with van der Waals surface area (Å²) >= 11 is 0. The van der Waals surface area contributed by atoms with E-state index in [0.717, 1.165) is 19.3 Å². The lowest BCUT2D eigenvalue weighted by Gasteiger charge is -2.35. The maximum absolute atomic E-state index is 12.5. The van der Waals surface area contributed by atoms with Gasteiger partial charge < -0.3 is 13.9 Å². The summed E-state index contributed by atoms with van der Waals surface area (Å²) < 4.78 is 18.4. The van der Waals surface area contributed by atoms with E-state index < -0.39 is 7.60 Å². The van der Waals surface area contributed by atoms with Gasteiger partial charge in [0.15, 0.2) is 5.78 Å². The van der Waals surface area contributed by atoms with Crippen LogP contribution >= 0.6 is 7.60 Å². The van der Waals surface area contributed by atoms with Crippen LogP contribution in [0.3, 0.4) is 0 Å². The van der Waals surface area contributed by atoms with Crippen molar-refractivity contribution in [2.75, 3.05) is 27.7 Å². The van der Waals surface area contributed by atoms with Gasteiger partial charge in [0.25, 0.3) is 0 Å². The predicted octanol–water partition coefficient (Wildman–Crippen LogP) is 10.0. The molecule has 0 aromatic carbocycles. The second-order valence-electron chi connectivity index (χ2n) is 11.5. The molecule has 4 nitrogen and oxygen atoms in total. The van der Waals surface area contributed by atoms with Crippen molar-refractivity contribution in [3.63, 3.8) is 0 Å². The molecule has 0 saturated carbocycles. The van der Waals surface area contributed by atoms with E-state index in [4.69, 9.17) is 4.52 Å². The summed E-state index contributed by atoms with van der Waals surface area (Å²) in [5.74, 6) is -0.359. The van der Waals surface area contributed by atoms with Crippen molar-refractivity contribution < 1.29 is 18.5 Å². The SMILES string of the molecule is CCCCCCCCCCCCCCCCCC/C=C\CCCCOP(=O)(O)C(CC)[N+](C)(C)C. The van der Waals surface area contributed by atoms with Gasteiger partial charge in [-0.2, -0.15) is 0 Å². The molecule has 0 aromatic rings. The quantitative estimate of drug-likeness (QED) is 0.0538. The van der Waals surface area contributed by atoms with Crippen LogP contribution in [0.5, 0.6) is 0 Å². The molecule has 0 aliphatic carbocycles. The molecule has 0 aliphatic heterocycles. The molecule has 0 rings (SSSR count). The summed E-state index contributed by atoms with van der Waals surface area (Å²) in [5.41, 5.74) is 0. The highest BCUT2D eigenvalue weighted by Crippen LogP contribution is 2.51. The van der Waals surface area contributed by atoms with Crippen molar-refractivity contribution in [3.05, 3.63) is 12.2 Å². The number of allylic oxidation sites excluding steroid dienone is 2. The first kappa shape index (κ1) is 34.9. The average molecular weight is 517 g/mol. The van der Waals surface area contributed by atoms with E-state index in [1.807, 2.05) is 28.1 Å². The summed E-state index contributed by atoms with van der Waals surface area (Å²) in [5, 5.41) is 0. The van der Waals surface area contributed by atoms with E-state index in [1.54, 1.807) is 0 Å². The van der Waals surface area contributed by atoms with E-state index in [1.165, 1.54) is 109 Å². The lowest BCUT2D eigenvalue weighted by Crippen LogP contribution is -2.44. The Morgan fingerprint density at radius 3 is 1.40 bits per heavy atom. The average Bonchev–Trinajstić information content (AvgIpc) is 2.78. The van der Waals surface area contributed by atoms with E-state index in [-0.39, 0.29) is 5.78 Å². The van der Waals surface area contributed by atoms with Crippen LogP contribution in [0.2, 0.25) is 0 Å². The molecule has 35 heavy (non-hydrogen) atoms. The van der Waals surface area contributed by atoms with Gasteiger partial charge in [-0.15, -0.1) is 0 Å². The monoisotopic (exact) mass is 516 g/mol. The lowest BCUT2D eigenvalue weighted by atomic mass is 10.0. The summed E-state index contributed by atoms with van der Waals surface area (Å²) in [6, 6.07) is 0. The Morgan fingerprint density at radius 1 is 0.657 bits per heavy atom. The maximum Gasteiger partial charge on any atom is 0.385 e. The molecule has 2 unspecified atom stereocenters. The molecular weight excluding hydrogens is 453 g/mol. The van der Waals surface area contributed by atoms with Crippen molar-refractivity contribution in [1.29, 1.82) is 0 Å². The smallest absolute Gasteiger partial charge is 0.320 e. The van der Waals surface area contributed by atoms with Crippen LogP contribution in [0.15, 0.2) is 12.2 Å². The lowest BCUT2D eigenvalue weighted by molar-refractivity contribution is -0.883. The van der Waals surface area contributed by atoms with E-state index in [0.29, 0.717) is 17.5 Å². The van der Waals surface area contributed by atoms with Crippen LogP contribution < -0.4 is 0 Å². The molecule has 0 saturated heterocycles. The van der Waals surface area contributed by atoms with Crippen molar-refractivity contribution in [1.82, 2.24) is 0 Å². The van der Waals surface area contributed by atoms with Gasteiger partial charge >= 0.3 is 7.60 Å². The van der Waals surface area contributed by atoms with Crippen LogP contribution in [0.4, 0.5) is 0 Å². The normalized spacial score (nSPS) is 15.0. The highest BCUT2D eigenvalue weighted by atomic mass is 31.2. The fraction of sp³-hybridized carbons (Fsp3) is 0.933. The van der Waals surface area contributed by atoms with Crippen LogP contribution in [0.25, 0.3) is 0 Å². The van der Waals surface area contributed by atoms with Gasteiger partial charge in [0, 0.05) is 6.42 Å². The zero-order chi connectivity index (χ0) is 26.3. The Hall–Kier alpha value is -0.150. The largest absolute Gasteiger partial charge is 0.385 e. The molecule has 0 amide bonds. The Bertz CT molecular complexity index is 530. The van der Waals surface area contributed by atoms with Gasteiger partial charge in [0.1, 0.15) is 0 Å². The number of quaternary nitrogens is 1. The molecule has 0 radical (unpaired) electrons. The highest BCUT2D eigenvalue weighted by Gasteiger charge is 2.41. The maximum atomic E-state index is 12.5. The molecular formula is C30H63NO3P+. The fourth-order valence-electron chi connectivity index (χ4n) is 4.91. The highest BCUT2D eigenvalue weighted by molar-refractivity contribution is 7.53. The van der Waals surface area contributed by atoms with E-state index in [2.05, 4.69) is 19.1 Å². The van der Waals surface area contributed by atoms with E-state index in [9.17, 15) is 9.46 Å². The summed E-state index contributed by atoms with van der Waals surface area (Å²) in [4.78, 5) is 10.3. The Kier molecular flexibility index (Phi) is 22.9. The Labute approximate surface area is 220 Å². The van der Waals surface area contributed by atoms with Gasteiger partial charge in [-0.25, -0.2) is 0 Å². The molecule has 5 heteroatoms. The minimum Gasteiger partial charge on any atom is -0.320 e. The van der Waals surface area contributed by atoms with Crippen molar-refractivity contribution in [3.8, 4) is 0 Å². The topological polar surface area (TPSA) is 46.5 Å². The van der Waals surface area contributed by atoms with Gasteiger partial charge in [0.05, 0.1) is 27.7 Å². The summed E-state index contributed by atoms with van der Waals surface area (Å²) in [6.07, 6.45) is 31.9. The number of nitrogens with zero attached hydrogens (tertiary/aromatic N) is 1. The molecule has 0 spiro atoms. The first-order valence-corrected chi connectivity index (χ1v) is 16.8. The zero-order valence-electron chi connectivity index (χ0n) is 24.4. The van der Waals surface area contributed by atoms with Gasteiger partial charge in [-0.05, 0) is 32.1 Å². The minimum absolute atomic E-state index is 0.359. The molecule has 0 heterocycles. The van der Waals surface area contributed by atoms with Crippen molar-refractivity contribution >= 4 is 7.60 Å². The van der Waals surface area contributed by atoms with Crippen LogP contribution in [-0.2, 0) is 9.09 Å². The molecule has 210 valence electrons. The standard InChI is InChI=1S/C30H62NO3P/c1-6-8-9-10-11-12-13-14-15-16-17-18-19-20-21-22-23-24-25-26-27-28-29-34-35(32,33)30(7-2)31(3,4)5/h24-25,30H,6-23,26-29H2,1-5H3/p+1/b25-24-. The van der Waals surface area contributed by atoms with Crippen molar-refractivity contribution in [2.24, 2.45) is 0 Å². The Balaban J connectivity index is 3.41. The number of hydrogen-bond acceptors (Lipinski definition) is 2. The van der Waals surface area contributed by atoms with Crippen LogP contribution in [0.1, 0.15) is 149 Å². The molecule has 0 aromatic heterocycles. The zero-order valence-corrected chi connectivity index (χ0v) is 25.3. The Morgan fingerprint density at radius 2 is 1.03 bits per heavy atom. The first-order valence-electron chi connectivity index (χ1n) is 15.2. The van der Waals surface area contributed by atoms with Crippen LogP contribution in [0, 0.1) is 0 Å².